The van der Waals surface area contributed by atoms with Crippen LogP contribution in [0, 0.1) is 0 Å². The standard InChI is InChI=1S/C18H16F3N5O/c19-18(20,21)13-3-1-2-12(10-13)17(27)26-8-4-11(5-9-26)14-15-16(25-24-14)23-7-6-22-15/h1-3,6-7,10-11H,4-5,8-9H2,(H,23,24,25). The summed E-state index contributed by atoms with van der Waals surface area (Å²) in [7, 11) is 0. The van der Waals surface area contributed by atoms with Gasteiger partial charge in [0.1, 0.15) is 5.52 Å². The van der Waals surface area contributed by atoms with Crippen LogP contribution in [0.3, 0.4) is 0 Å². The van der Waals surface area contributed by atoms with Gasteiger partial charge in [-0.05, 0) is 31.0 Å². The lowest BCUT2D eigenvalue weighted by Crippen LogP contribution is -2.38. The smallest absolute Gasteiger partial charge is 0.339 e. The minimum atomic E-state index is -4.47. The van der Waals surface area contributed by atoms with Crippen molar-refractivity contribution in [2.75, 3.05) is 13.1 Å². The van der Waals surface area contributed by atoms with Crippen LogP contribution in [0.1, 0.15) is 40.4 Å². The van der Waals surface area contributed by atoms with Crippen molar-refractivity contribution in [3.05, 3.63) is 53.5 Å². The Morgan fingerprint density at radius 1 is 1.15 bits per heavy atom. The van der Waals surface area contributed by atoms with Crippen molar-refractivity contribution in [1.82, 2.24) is 25.1 Å². The molecular formula is C18H16F3N5O. The van der Waals surface area contributed by atoms with Crippen molar-refractivity contribution >= 4 is 17.1 Å². The number of aromatic amines is 1. The lowest BCUT2D eigenvalue weighted by Gasteiger charge is -2.31. The third-order valence-corrected chi connectivity index (χ3v) is 4.84. The summed E-state index contributed by atoms with van der Waals surface area (Å²) in [6, 6.07) is 4.56. The Balaban J connectivity index is 1.47. The van der Waals surface area contributed by atoms with Crippen molar-refractivity contribution in [2.45, 2.75) is 24.9 Å². The van der Waals surface area contributed by atoms with Crippen molar-refractivity contribution in [3.63, 3.8) is 0 Å². The summed E-state index contributed by atoms with van der Waals surface area (Å²) >= 11 is 0. The zero-order valence-electron chi connectivity index (χ0n) is 14.2. The van der Waals surface area contributed by atoms with Gasteiger partial charge in [0.25, 0.3) is 5.91 Å². The third-order valence-electron chi connectivity index (χ3n) is 4.84. The van der Waals surface area contributed by atoms with Crippen molar-refractivity contribution in [1.29, 1.82) is 0 Å². The quantitative estimate of drug-likeness (QED) is 0.745. The number of hydrogen-bond donors (Lipinski definition) is 1. The van der Waals surface area contributed by atoms with E-state index < -0.39 is 11.7 Å². The summed E-state index contributed by atoms with van der Waals surface area (Å²) in [4.78, 5) is 22.6. The van der Waals surface area contributed by atoms with Crippen molar-refractivity contribution in [2.24, 2.45) is 0 Å². The molecule has 1 amide bonds. The maximum absolute atomic E-state index is 12.9. The second-order valence-electron chi connectivity index (χ2n) is 6.51. The van der Waals surface area contributed by atoms with Crippen LogP contribution >= 0.6 is 0 Å². The number of likely N-dealkylation sites (tertiary alicyclic amines) is 1. The molecule has 0 bridgehead atoms. The molecule has 140 valence electrons. The van der Waals surface area contributed by atoms with Gasteiger partial charge in [-0.15, -0.1) is 0 Å². The van der Waals surface area contributed by atoms with Gasteiger partial charge in [0.2, 0.25) is 0 Å². The van der Waals surface area contributed by atoms with Crippen molar-refractivity contribution < 1.29 is 18.0 Å². The molecule has 2 aromatic heterocycles. The van der Waals surface area contributed by atoms with Crippen LogP contribution in [0.25, 0.3) is 11.2 Å². The number of carbonyl (C=O) groups is 1. The van der Waals surface area contributed by atoms with E-state index in [0.29, 0.717) is 31.6 Å². The molecule has 0 spiro atoms. The molecule has 27 heavy (non-hydrogen) atoms. The Kier molecular flexibility index (Phi) is 4.29. The number of nitrogens with one attached hydrogen (secondary N) is 1. The van der Waals surface area contributed by atoms with Gasteiger partial charge in [-0.25, -0.2) is 9.97 Å². The first-order valence-electron chi connectivity index (χ1n) is 8.55. The van der Waals surface area contributed by atoms with Crippen molar-refractivity contribution in [3.8, 4) is 0 Å². The van der Waals surface area contributed by atoms with Gasteiger partial charge in [0, 0.05) is 37.0 Å². The number of hydrogen-bond acceptors (Lipinski definition) is 4. The van der Waals surface area contributed by atoms with Gasteiger partial charge < -0.3 is 4.90 Å². The first-order chi connectivity index (χ1) is 12.9. The lowest BCUT2D eigenvalue weighted by atomic mass is 9.92. The van der Waals surface area contributed by atoms with E-state index in [2.05, 4.69) is 20.2 Å². The summed E-state index contributed by atoms with van der Waals surface area (Å²) in [6.45, 7) is 0.918. The first-order valence-corrected chi connectivity index (χ1v) is 8.55. The summed E-state index contributed by atoms with van der Waals surface area (Å²) < 4.78 is 38.6. The van der Waals surface area contributed by atoms with Gasteiger partial charge in [0.15, 0.2) is 5.65 Å². The molecule has 1 aliphatic rings. The zero-order chi connectivity index (χ0) is 19.0. The van der Waals surface area contributed by atoms with Gasteiger partial charge in [-0.2, -0.15) is 18.3 Å². The monoisotopic (exact) mass is 375 g/mol. The molecule has 1 fully saturated rings. The average molecular weight is 375 g/mol. The van der Waals surface area contributed by atoms with Crippen LogP contribution in [-0.2, 0) is 6.18 Å². The van der Waals surface area contributed by atoms with E-state index in [4.69, 9.17) is 0 Å². The largest absolute Gasteiger partial charge is 0.416 e. The minimum absolute atomic E-state index is 0.0566. The molecule has 0 radical (unpaired) electrons. The molecule has 6 nitrogen and oxygen atoms in total. The molecule has 4 rings (SSSR count). The zero-order valence-corrected chi connectivity index (χ0v) is 14.2. The van der Waals surface area contributed by atoms with E-state index in [9.17, 15) is 18.0 Å². The first kappa shape index (κ1) is 17.4. The highest BCUT2D eigenvalue weighted by molar-refractivity contribution is 5.94. The Morgan fingerprint density at radius 2 is 1.89 bits per heavy atom. The Hall–Kier alpha value is -2.97. The van der Waals surface area contributed by atoms with Gasteiger partial charge >= 0.3 is 6.18 Å². The predicted molar refractivity (Wildman–Crippen MR) is 91.0 cm³/mol. The third kappa shape index (κ3) is 3.36. The normalized spacial score (nSPS) is 16.0. The van der Waals surface area contributed by atoms with E-state index in [1.807, 2.05) is 0 Å². The number of piperidine rings is 1. The topological polar surface area (TPSA) is 74.8 Å². The number of halogens is 3. The average Bonchev–Trinajstić information content (AvgIpc) is 3.11. The highest BCUT2D eigenvalue weighted by Gasteiger charge is 2.32. The number of nitrogens with zero attached hydrogens (tertiary/aromatic N) is 4. The second kappa shape index (κ2) is 6.64. The van der Waals surface area contributed by atoms with Gasteiger partial charge in [-0.3, -0.25) is 9.89 Å². The fourth-order valence-electron chi connectivity index (χ4n) is 3.44. The van der Waals surface area contributed by atoms with E-state index in [0.717, 1.165) is 23.3 Å². The molecule has 9 heteroatoms. The van der Waals surface area contributed by atoms with Gasteiger partial charge in [-0.1, -0.05) is 6.07 Å². The number of alkyl halides is 3. The lowest BCUT2D eigenvalue weighted by molar-refractivity contribution is -0.137. The SMILES string of the molecule is O=C(c1cccc(C(F)(F)F)c1)N1CCC(c2[nH]nc3nccnc23)CC1. The molecule has 1 N–H and O–H groups in total. The second-order valence-corrected chi connectivity index (χ2v) is 6.51. The minimum Gasteiger partial charge on any atom is -0.339 e. The number of amides is 1. The van der Waals surface area contributed by atoms with E-state index in [1.54, 1.807) is 17.3 Å². The van der Waals surface area contributed by atoms with Crippen LogP contribution in [0.4, 0.5) is 13.2 Å². The van der Waals surface area contributed by atoms with E-state index in [-0.39, 0.29) is 17.4 Å². The number of aromatic nitrogens is 4. The maximum atomic E-state index is 12.9. The maximum Gasteiger partial charge on any atom is 0.416 e. The fraction of sp³-hybridized carbons (Fsp3) is 0.333. The van der Waals surface area contributed by atoms with Crippen LogP contribution in [0.5, 0.6) is 0 Å². The highest BCUT2D eigenvalue weighted by Crippen LogP contribution is 2.32. The summed E-state index contributed by atoms with van der Waals surface area (Å²) in [5.74, 6) is -0.230. The Labute approximate surface area is 152 Å². The van der Waals surface area contributed by atoms with Crippen LogP contribution in [-0.4, -0.2) is 44.1 Å². The predicted octanol–water partition coefficient (Wildman–Crippen LogP) is 3.39. The van der Waals surface area contributed by atoms with Crippen LogP contribution in [0.2, 0.25) is 0 Å². The molecule has 1 aromatic carbocycles. The molecule has 0 saturated carbocycles. The molecule has 0 aliphatic carbocycles. The summed E-state index contributed by atoms with van der Waals surface area (Å²) in [5, 5.41) is 7.12. The Bertz CT molecular complexity index is 976. The van der Waals surface area contributed by atoms with Crippen LogP contribution in [0.15, 0.2) is 36.7 Å². The molecule has 0 atom stereocenters. The summed E-state index contributed by atoms with van der Waals surface area (Å²) in [5.41, 5.74) is 1.41. The summed E-state index contributed by atoms with van der Waals surface area (Å²) in [6.07, 6.45) is 0.0695. The highest BCUT2D eigenvalue weighted by atomic mass is 19.4. The number of carbonyl (C=O) groups excluding carboxylic acids is 1. The number of fused-ring (bicyclic) bond motifs is 1. The molecule has 0 unspecified atom stereocenters. The number of rotatable bonds is 2. The fourth-order valence-corrected chi connectivity index (χ4v) is 3.44. The molecular weight excluding hydrogens is 359 g/mol. The van der Waals surface area contributed by atoms with E-state index in [1.165, 1.54) is 12.1 Å². The number of H-pyrrole nitrogens is 1. The molecule has 1 aliphatic heterocycles. The van der Waals surface area contributed by atoms with E-state index >= 15 is 0 Å². The molecule has 1 saturated heterocycles. The molecule has 3 aromatic rings. The van der Waals surface area contributed by atoms with Crippen LogP contribution < -0.4 is 0 Å². The number of benzene rings is 1. The van der Waals surface area contributed by atoms with Gasteiger partial charge in [0.05, 0.1) is 11.3 Å². The molecule has 3 heterocycles. The Morgan fingerprint density at radius 3 is 2.63 bits per heavy atom.